The summed E-state index contributed by atoms with van der Waals surface area (Å²) < 4.78 is 21.3. The third-order valence-electron chi connectivity index (χ3n) is 1.09. The first-order valence-corrected chi connectivity index (χ1v) is 4.38. The van der Waals surface area contributed by atoms with Gasteiger partial charge >= 0.3 is 10.2 Å². The lowest BCUT2D eigenvalue weighted by Gasteiger charge is -2.07. The quantitative estimate of drug-likeness (QED) is 0.498. The van der Waals surface area contributed by atoms with E-state index in [1.54, 1.807) is 7.05 Å². The van der Waals surface area contributed by atoms with Crippen LogP contribution in [0, 0.1) is 0 Å². The Morgan fingerprint density at radius 2 is 2.00 bits per heavy atom. The zero-order valence-electron chi connectivity index (χ0n) is 5.72. The van der Waals surface area contributed by atoms with Gasteiger partial charge in [0.2, 0.25) is 0 Å². The molecule has 0 aliphatic rings. The average Bonchev–Trinajstić information content (AvgIpc) is 1.64. The summed E-state index contributed by atoms with van der Waals surface area (Å²) in [5.74, 6) is 0. The van der Waals surface area contributed by atoms with E-state index in [1.807, 2.05) is 6.92 Å². The van der Waals surface area contributed by atoms with Gasteiger partial charge in [0, 0.05) is 0 Å². The minimum atomic E-state index is -3.35. The number of nitrogens with two attached hydrogens (primary N) is 1. The Balaban J connectivity index is 3.90. The van der Waals surface area contributed by atoms with Crippen LogP contribution in [0.4, 0.5) is 0 Å². The van der Waals surface area contributed by atoms with Crippen LogP contribution < -0.4 is 9.44 Å². The molecule has 0 aromatic heterocycles. The van der Waals surface area contributed by atoms with Crippen molar-refractivity contribution >= 4 is 10.2 Å². The highest BCUT2D eigenvalue weighted by Crippen LogP contribution is 1.63. The summed E-state index contributed by atoms with van der Waals surface area (Å²) in [7, 11) is -1.81. The lowest BCUT2D eigenvalue weighted by Crippen LogP contribution is -3.12. The summed E-state index contributed by atoms with van der Waals surface area (Å²) in [6, 6.07) is 0. The van der Waals surface area contributed by atoms with Gasteiger partial charge in [-0.05, 0) is 6.42 Å². The first-order valence-electron chi connectivity index (χ1n) is 2.83. The standard InChI is InChI=1S/C4H12N2O2S/c1-3-4-6(2)9(5,7)8/h3-4H2,1-2H3,(H2,5,7,8)/p+1. The van der Waals surface area contributed by atoms with Crippen molar-refractivity contribution in [1.82, 2.24) is 0 Å². The topological polar surface area (TPSA) is 64.6 Å². The number of hydrogen-bond acceptors (Lipinski definition) is 2. The van der Waals surface area contributed by atoms with Crippen LogP contribution >= 0.6 is 0 Å². The summed E-state index contributed by atoms with van der Waals surface area (Å²) in [5.41, 5.74) is 0. The molecule has 9 heavy (non-hydrogen) atoms. The Labute approximate surface area is 55.8 Å². The lowest BCUT2D eigenvalue weighted by atomic mass is 10.5. The van der Waals surface area contributed by atoms with Crippen molar-refractivity contribution in [2.45, 2.75) is 13.3 Å². The Hall–Kier alpha value is -0.130. The van der Waals surface area contributed by atoms with Gasteiger partial charge in [-0.2, -0.15) is 13.6 Å². The molecule has 4 nitrogen and oxygen atoms in total. The van der Waals surface area contributed by atoms with Gasteiger partial charge in [-0.1, -0.05) is 6.92 Å². The van der Waals surface area contributed by atoms with E-state index in [0.717, 1.165) is 6.42 Å². The third kappa shape index (κ3) is 3.45. The fourth-order valence-electron chi connectivity index (χ4n) is 0.494. The van der Waals surface area contributed by atoms with Gasteiger partial charge in [0.1, 0.15) is 0 Å². The molecule has 0 fully saturated rings. The van der Waals surface area contributed by atoms with Crippen LogP contribution in [-0.2, 0) is 10.2 Å². The van der Waals surface area contributed by atoms with Gasteiger partial charge in [-0.3, -0.25) is 0 Å². The Kier molecular flexibility index (Phi) is 3.10. The van der Waals surface area contributed by atoms with Gasteiger partial charge in [0.25, 0.3) is 0 Å². The molecule has 0 aromatic carbocycles. The van der Waals surface area contributed by atoms with E-state index in [4.69, 9.17) is 5.14 Å². The molecule has 0 spiro atoms. The normalized spacial score (nSPS) is 15.4. The van der Waals surface area contributed by atoms with Crippen LogP contribution in [0.2, 0.25) is 0 Å². The van der Waals surface area contributed by atoms with Crippen molar-refractivity contribution in [2.75, 3.05) is 13.6 Å². The van der Waals surface area contributed by atoms with E-state index < -0.39 is 10.2 Å². The fraction of sp³-hybridized carbons (Fsp3) is 1.00. The molecule has 0 amide bonds. The minimum Gasteiger partial charge on any atom is -0.218 e. The predicted octanol–water partition coefficient (Wildman–Crippen LogP) is -1.89. The van der Waals surface area contributed by atoms with Crippen LogP contribution in [0.15, 0.2) is 0 Å². The van der Waals surface area contributed by atoms with Crippen molar-refractivity contribution < 1.29 is 12.7 Å². The second-order valence-corrected chi connectivity index (χ2v) is 3.78. The molecule has 0 saturated carbocycles. The molecule has 0 heterocycles. The highest BCUT2D eigenvalue weighted by atomic mass is 32.2. The first kappa shape index (κ1) is 8.87. The Morgan fingerprint density at radius 3 is 2.11 bits per heavy atom. The van der Waals surface area contributed by atoms with E-state index in [0.29, 0.717) is 10.8 Å². The second kappa shape index (κ2) is 3.14. The molecule has 0 radical (unpaired) electrons. The zero-order chi connectivity index (χ0) is 7.49. The van der Waals surface area contributed by atoms with Crippen LogP contribution in [0.1, 0.15) is 13.3 Å². The molecule has 0 aliphatic carbocycles. The lowest BCUT2D eigenvalue weighted by molar-refractivity contribution is -0.743. The molecule has 1 unspecified atom stereocenters. The molecule has 5 heteroatoms. The van der Waals surface area contributed by atoms with E-state index in [2.05, 4.69) is 0 Å². The molecule has 0 aromatic rings. The summed E-state index contributed by atoms with van der Waals surface area (Å²) in [4.78, 5) is 0. The van der Waals surface area contributed by atoms with Crippen molar-refractivity contribution in [1.29, 1.82) is 0 Å². The molecular formula is C4H13N2O2S+. The van der Waals surface area contributed by atoms with Crippen molar-refractivity contribution in [2.24, 2.45) is 5.14 Å². The van der Waals surface area contributed by atoms with E-state index in [9.17, 15) is 8.42 Å². The van der Waals surface area contributed by atoms with Gasteiger partial charge < -0.3 is 0 Å². The first-order chi connectivity index (χ1) is 3.98. The molecular weight excluding hydrogens is 140 g/mol. The largest absolute Gasteiger partial charge is 0.365 e. The molecule has 0 aliphatic heterocycles. The molecule has 1 atom stereocenters. The SMILES string of the molecule is CCC[NH+](C)S(N)(=O)=O. The monoisotopic (exact) mass is 153 g/mol. The maximum atomic E-state index is 10.5. The van der Waals surface area contributed by atoms with Crippen LogP contribution in [0.5, 0.6) is 0 Å². The molecule has 56 valence electrons. The van der Waals surface area contributed by atoms with Crippen LogP contribution in [0.25, 0.3) is 0 Å². The van der Waals surface area contributed by atoms with Crippen molar-refractivity contribution in [3.8, 4) is 0 Å². The number of nitrogens with one attached hydrogen (secondary N) is 1. The number of hydrogen-bond donors (Lipinski definition) is 2. The van der Waals surface area contributed by atoms with E-state index >= 15 is 0 Å². The van der Waals surface area contributed by atoms with E-state index in [1.165, 1.54) is 0 Å². The Bertz CT molecular complexity index is 163. The van der Waals surface area contributed by atoms with Gasteiger partial charge in [-0.25, -0.2) is 4.31 Å². The maximum absolute atomic E-state index is 10.5. The highest BCUT2D eigenvalue weighted by Gasteiger charge is 2.12. The third-order valence-corrected chi connectivity index (χ3v) is 2.26. The van der Waals surface area contributed by atoms with E-state index in [-0.39, 0.29) is 0 Å². The van der Waals surface area contributed by atoms with Gasteiger partial charge in [-0.15, -0.1) is 0 Å². The minimum absolute atomic E-state index is 0.366. The zero-order valence-corrected chi connectivity index (χ0v) is 6.53. The summed E-state index contributed by atoms with van der Waals surface area (Å²) in [6.07, 6.45) is 0.822. The van der Waals surface area contributed by atoms with Crippen molar-refractivity contribution in [3.63, 3.8) is 0 Å². The van der Waals surface area contributed by atoms with Gasteiger partial charge in [0.15, 0.2) is 0 Å². The maximum Gasteiger partial charge on any atom is 0.365 e. The Morgan fingerprint density at radius 1 is 1.56 bits per heavy atom. The predicted molar refractivity (Wildman–Crippen MR) is 35.2 cm³/mol. The summed E-state index contributed by atoms with van der Waals surface area (Å²) in [6.45, 7) is 2.48. The second-order valence-electron chi connectivity index (χ2n) is 2.00. The highest BCUT2D eigenvalue weighted by molar-refractivity contribution is 7.82. The van der Waals surface area contributed by atoms with Crippen molar-refractivity contribution in [3.05, 3.63) is 0 Å². The molecule has 0 saturated heterocycles. The molecule has 0 bridgehead atoms. The van der Waals surface area contributed by atoms with Crippen LogP contribution in [-0.4, -0.2) is 22.0 Å². The molecule has 3 N–H and O–H groups in total. The molecule has 0 rings (SSSR count). The fourth-order valence-corrected chi connectivity index (χ4v) is 0.983. The van der Waals surface area contributed by atoms with Crippen LogP contribution in [0.3, 0.4) is 0 Å². The number of rotatable bonds is 3. The average molecular weight is 153 g/mol. The summed E-state index contributed by atoms with van der Waals surface area (Å²) in [5, 5.41) is 4.80. The smallest absolute Gasteiger partial charge is 0.218 e. The van der Waals surface area contributed by atoms with Gasteiger partial charge in [0.05, 0.1) is 13.6 Å². The summed E-state index contributed by atoms with van der Waals surface area (Å²) >= 11 is 0. The number of quaternary nitrogens is 1.